The van der Waals surface area contributed by atoms with Gasteiger partial charge in [-0.15, -0.1) is 0 Å². The second kappa shape index (κ2) is 12.0. The lowest BCUT2D eigenvalue weighted by molar-refractivity contribution is -0.121. The topological polar surface area (TPSA) is 9.23 Å². The summed E-state index contributed by atoms with van der Waals surface area (Å²) in [5.74, 6) is 4.03. The molecule has 28 heavy (non-hydrogen) atoms. The van der Waals surface area contributed by atoms with Crippen LogP contribution in [-0.2, 0) is 4.74 Å². The van der Waals surface area contributed by atoms with Crippen molar-refractivity contribution in [2.24, 2.45) is 23.7 Å². The van der Waals surface area contributed by atoms with Crippen molar-refractivity contribution in [1.29, 1.82) is 0 Å². The molecule has 0 aromatic heterocycles. The van der Waals surface area contributed by atoms with Crippen LogP contribution in [0.3, 0.4) is 0 Å². The molecule has 0 radical (unpaired) electrons. The molecular formula is C27H50O. The van der Waals surface area contributed by atoms with Gasteiger partial charge in [-0.2, -0.15) is 0 Å². The Morgan fingerprint density at radius 2 is 1.18 bits per heavy atom. The summed E-state index contributed by atoms with van der Waals surface area (Å²) in [6, 6.07) is 0. The Kier molecular flexibility index (Phi) is 9.68. The monoisotopic (exact) mass is 390 g/mol. The van der Waals surface area contributed by atoms with Crippen molar-refractivity contribution in [3.63, 3.8) is 0 Å². The molecule has 3 aliphatic carbocycles. The largest absolute Gasteiger partial charge is 0.375 e. The molecular weight excluding hydrogens is 340 g/mol. The fourth-order valence-corrected chi connectivity index (χ4v) is 6.88. The van der Waals surface area contributed by atoms with Gasteiger partial charge in [0, 0.05) is 6.61 Å². The Bertz CT molecular complexity index is 394. The molecule has 0 heterocycles. The van der Waals surface area contributed by atoms with Crippen LogP contribution in [0.5, 0.6) is 0 Å². The summed E-state index contributed by atoms with van der Waals surface area (Å²) in [5.41, 5.74) is 0.274. The van der Waals surface area contributed by atoms with Crippen LogP contribution in [-0.4, -0.2) is 12.2 Å². The number of ether oxygens (including phenoxy) is 1. The highest BCUT2D eigenvalue weighted by atomic mass is 16.5. The molecule has 3 rings (SSSR count). The van der Waals surface area contributed by atoms with E-state index in [4.69, 9.17) is 4.74 Å². The Morgan fingerprint density at radius 3 is 1.71 bits per heavy atom. The smallest absolute Gasteiger partial charge is 0.0710 e. The normalized spacial score (nSPS) is 33.6. The average molecular weight is 391 g/mol. The van der Waals surface area contributed by atoms with Gasteiger partial charge in [0.2, 0.25) is 0 Å². The van der Waals surface area contributed by atoms with Crippen molar-refractivity contribution in [2.45, 2.75) is 141 Å². The van der Waals surface area contributed by atoms with Crippen LogP contribution in [0.1, 0.15) is 136 Å². The summed E-state index contributed by atoms with van der Waals surface area (Å²) in [7, 11) is 0. The van der Waals surface area contributed by atoms with E-state index in [2.05, 4.69) is 13.8 Å². The highest BCUT2D eigenvalue weighted by Gasteiger charge is 2.42. The fourth-order valence-electron chi connectivity index (χ4n) is 6.88. The van der Waals surface area contributed by atoms with Gasteiger partial charge in [-0.1, -0.05) is 104 Å². The maximum atomic E-state index is 6.59. The molecule has 0 amide bonds. The van der Waals surface area contributed by atoms with Crippen LogP contribution in [0.25, 0.3) is 0 Å². The van der Waals surface area contributed by atoms with Gasteiger partial charge in [-0.25, -0.2) is 0 Å². The number of unbranched alkanes of at least 4 members (excludes halogenated alkanes) is 1. The third kappa shape index (κ3) is 6.48. The minimum Gasteiger partial charge on any atom is -0.375 e. The summed E-state index contributed by atoms with van der Waals surface area (Å²) in [5, 5.41) is 0. The van der Waals surface area contributed by atoms with E-state index in [0.717, 1.165) is 30.3 Å². The van der Waals surface area contributed by atoms with Crippen LogP contribution in [0.4, 0.5) is 0 Å². The van der Waals surface area contributed by atoms with Gasteiger partial charge < -0.3 is 4.74 Å². The number of hydrogen-bond donors (Lipinski definition) is 0. The van der Waals surface area contributed by atoms with E-state index in [9.17, 15) is 0 Å². The summed E-state index contributed by atoms with van der Waals surface area (Å²) in [6.07, 6.45) is 27.6. The second-order valence-corrected chi connectivity index (χ2v) is 10.8. The minimum atomic E-state index is 0.274. The number of rotatable bonds is 10. The summed E-state index contributed by atoms with van der Waals surface area (Å²) >= 11 is 0. The molecule has 0 aromatic carbocycles. The van der Waals surface area contributed by atoms with Gasteiger partial charge in [0.25, 0.3) is 0 Å². The third-order valence-corrected chi connectivity index (χ3v) is 8.80. The predicted octanol–water partition coefficient (Wildman–Crippen LogP) is 8.70. The summed E-state index contributed by atoms with van der Waals surface area (Å²) < 4.78 is 6.59. The molecule has 0 aliphatic heterocycles. The van der Waals surface area contributed by atoms with Gasteiger partial charge in [0.15, 0.2) is 0 Å². The zero-order chi connectivity index (χ0) is 19.7. The quantitative estimate of drug-likeness (QED) is 0.362. The molecule has 1 heteroatoms. The van der Waals surface area contributed by atoms with E-state index >= 15 is 0 Å². The van der Waals surface area contributed by atoms with Gasteiger partial charge in [-0.3, -0.25) is 0 Å². The summed E-state index contributed by atoms with van der Waals surface area (Å²) in [6.45, 7) is 5.60. The Labute approximate surface area is 176 Å². The molecule has 3 aliphatic rings. The number of hydrogen-bond acceptors (Lipinski definition) is 1. The van der Waals surface area contributed by atoms with Gasteiger partial charge in [0.05, 0.1) is 5.60 Å². The maximum absolute atomic E-state index is 6.59. The molecule has 0 saturated heterocycles. The molecule has 0 aromatic rings. The van der Waals surface area contributed by atoms with E-state index in [1.165, 1.54) is 122 Å². The zero-order valence-electron chi connectivity index (χ0n) is 19.4. The van der Waals surface area contributed by atoms with Crippen molar-refractivity contribution >= 4 is 0 Å². The Morgan fingerprint density at radius 1 is 0.643 bits per heavy atom. The lowest BCUT2D eigenvalue weighted by Crippen LogP contribution is -2.44. The van der Waals surface area contributed by atoms with Crippen LogP contribution in [0, 0.1) is 23.7 Å². The fraction of sp³-hybridized carbons (Fsp3) is 1.00. The van der Waals surface area contributed by atoms with E-state index in [1.54, 1.807) is 0 Å². The predicted molar refractivity (Wildman–Crippen MR) is 122 cm³/mol. The highest BCUT2D eigenvalue weighted by Crippen LogP contribution is 2.46. The molecule has 0 unspecified atom stereocenters. The third-order valence-electron chi connectivity index (χ3n) is 8.80. The molecule has 1 nitrogen and oxygen atoms in total. The van der Waals surface area contributed by atoms with E-state index in [-0.39, 0.29) is 5.60 Å². The van der Waals surface area contributed by atoms with E-state index < -0.39 is 0 Å². The van der Waals surface area contributed by atoms with Crippen molar-refractivity contribution < 1.29 is 4.74 Å². The van der Waals surface area contributed by atoms with Crippen LogP contribution >= 0.6 is 0 Å². The first kappa shape index (κ1) is 22.6. The van der Waals surface area contributed by atoms with Gasteiger partial charge >= 0.3 is 0 Å². The molecule has 0 N–H and O–H groups in total. The zero-order valence-corrected chi connectivity index (χ0v) is 19.4. The van der Waals surface area contributed by atoms with E-state index in [0.29, 0.717) is 0 Å². The highest BCUT2D eigenvalue weighted by molar-refractivity contribution is 4.93. The van der Waals surface area contributed by atoms with Gasteiger partial charge in [0.1, 0.15) is 0 Å². The minimum absolute atomic E-state index is 0.274. The Hall–Kier alpha value is -0.0400. The lowest BCUT2D eigenvalue weighted by Gasteiger charge is -2.46. The van der Waals surface area contributed by atoms with Crippen LogP contribution < -0.4 is 0 Å². The van der Waals surface area contributed by atoms with Crippen molar-refractivity contribution in [3.05, 3.63) is 0 Å². The van der Waals surface area contributed by atoms with Crippen molar-refractivity contribution in [1.82, 2.24) is 0 Å². The second-order valence-electron chi connectivity index (χ2n) is 10.8. The first-order valence-electron chi connectivity index (χ1n) is 13.4. The van der Waals surface area contributed by atoms with Crippen molar-refractivity contribution in [2.75, 3.05) is 6.61 Å². The molecule has 0 spiro atoms. The first-order chi connectivity index (χ1) is 13.8. The van der Waals surface area contributed by atoms with Crippen LogP contribution in [0.2, 0.25) is 0 Å². The molecule has 0 atom stereocenters. The average Bonchev–Trinajstić information content (AvgIpc) is 2.76. The SMILES string of the molecule is CCCC[C@H]1CC[C@H](CC[C@H]2CC[C@H](C3(OCCC)CCCCC3)CC2)CC1. The maximum Gasteiger partial charge on any atom is 0.0710 e. The van der Waals surface area contributed by atoms with Crippen molar-refractivity contribution in [3.8, 4) is 0 Å². The standard InChI is InChI=1S/C27H50O/c1-3-5-9-23-10-12-24(13-11-23)14-15-25-16-18-26(19-17-25)27(28-22-4-2)20-7-6-8-21-27/h23-26H,3-22H2,1-2H3/t23-,24-,25-,26-. The molecule has 3 fully saturated rings. The molecule has 164 valence electrons. The Balaban J connectivity index is 1.36. The van der Waals surface area contributed by atoms with Gasteiger partial charge in [-0.05, 0) is 55.8 Å². The molecule has 3 saturated carbocycles. The molecule has 0 bridgehead atoms. The lowest BCUT2D eigenvalue weighted by atomic mass is 9.67. The summed E-state index contributed by atoms with van der Waals surface area (Å²) in [4.78, 5) is 0. The van der Waals surface area contributed by atoms with Crippen LogP contribution in [0.15, 0.2) is 0 Å². The first-order valence-corrected chi connectivity index (χ1v) is 13.4. The van der Waals surface area contributed by atoms with E-state index in [1.807, 2.05) is 0 Å².